The molecule has 39 heavy (non-hydrogen) atoms. The van der Waals surface area contributed by atoms with Gasteiger partial charge < -0.3 is 9.42 Å². The molecule has 0 bridgehead atoms. The molecule has 0 saturated heterocycles. The fourth-order valence-corrected chi connectivity index (χ4v) is 7.66. The number of hydrogen-bond donors (Lipinski definition) is 0. The molecule has 3 nitrogen and oxygen atoms in total. The Kier molecular flexibility index (Phi) is 9.12. The second kappa shape index (κ2) is 12.9. The Balaban J connectivity index is 1.65. The Morgan fingerprint density at radius 3 is 1.95 bits per heavy atom. The zero-order valence-electron chi connectivity index (χ0n) is 23.6. The van der Waals surface area contributed by atoms with Crippen molar-refractivity contribution < 1.29 is 4.52 Å². The molecule has 1 heterocycles. The predicted molar refractivity (Wildman–Crippen MR) is 170 cm³/mol. The first-order valence-corrected chi connectivity index (χ1v) is 15.8. The van der Waals surface area contributed by atoms with Gasteiger partial charge in [0.05, 0.1) is 19.9 Å². The predicted octanol–water partition coefficient (Wildman–Crippen LogP) is 8.63. The fourth-order valence-electron chi connectivity index (χ4n) is 5.65. The van der Waals surface area contributed by atoms with Gasteiger partial charge in [-0.1, -0.05) is 137 Å². The molecular weight excluding hydrogens is 495 g/mol. The van der Waals surface area contributed by atoms with Crippen LogP contribution >= 0.6 is 8.15 Å². The van der Waals surface area contributed by atoms with E-state index in [1.807, 2.05) is 0 Å². The summed E-state index contributed by atoms with van der Waals surface area (Å²) in [6.45, 7) is 7.68. The van der Waals surface area contributed by atoms with E-state index in [0.29, 0.717) is 0 Å². The molecule has 0 unspecified atom stereocenters. The number of aliphatic imine (C=N–C) groups is 1. The van der Waals surface area contributed by atoms with Crippen LogP contribution in [0.3, 0.4) is 0 Å². The van der Waals surface area contributed by atoms with Gasteiger partial charge in [0.1, 0.15) is 11.4 Å². The lowest BCUT2D eigenvalue weighted by Crippen LogP contribution is -2.49. The average Bonchev–Trinajstić information content (AvgIpc) is 3.39. The highest BCUT2D eigenvalue weighted by Crippen LogP contribution is 2.47. The van der Waals surface area contributed by atoms with Crippen molar-refractivity contribution in [2.75, 3.05) is 11.4 Å². The highest BCUT2D eigenvalue weighted by molar-refractivity contribution is 7.68. The summed E-state index contributed by atoms with van der Waals surface area (Å²) in [6, 6.07) is 37.2. The van der Waals surface area contributed by atoms with Gasteiger partial charge in [0.15, 0.2) is 0 Å². The van der Waals surface area contributed by atoms with Gasteiger partial charge in [0.2, 0.25) is 0 Å². The van der Waals surface area contributed by atoms with Crippen LogP contribution in [0.15, 0.2) is 108 Å². The molecule has 1 aliphatic rings. The summed E-state index contributed by atoms with van der Waals surface area (Å²) < 4.78 is 7.60. The Bertz CT molecular complexity index is 1320. The number of nitrogens with zero attached hydrogens (tertiary/aromatic N) is 2. The zero-order valence-corrected chi connectivity index (χ0v) is 24.5. The third-order valence-corrected chi connectivity index (χ3v) is 9.69. The summed E-state index contributed by atoms with van der Waals surface area (Å²) in [5.74, 6) is 1.12. The second-order valence-electron chi connectivity index (χ2n) is 10.7. The van der Waals surface area contributed by atoms with Crippen LogP contribution in [0.2, 0.25) is 0 Å². The summed E-state index contributed by atoms with van der Waals surface area (Å²) in [5, 5.41) is 5.03. The monoisotopic (exact) mass is 536 g/mol. The number of benzene rings is 4. The molecule has 202 valence electrons. The number of anilines is 1. The van der Waals surface area contributed by atoms with Crippen LogP contribution in [-0.2, 0) is 4.52 Å². The van der Waals surface area contributed by atoms with Gasteiger partial charge in [-0.2, -0.15) is 0 Å². The van der Waals surface area contributed by atoms with E-state index in [0.717, 1.165) is 50.9 Å². The van der Waals surface area contributed by atoms with Gasteiger partial charge in [0, 0.05) is 22.5 Å². The smallest absolute Gasteiger partial charge is 0.137 e. The van der Waals surface area contributed by atoms with E-state index in [4.69, 9.17) is 9.52 Å². The van der Waals surface area contributed by atoms with Crippen molar-refractivity contribution in [3.8, 4) is 0 Å². The standard InChI is InChI=1S/C35H41N2OP/c1-4-6-25-35(26-7-5-2,38-39(30-19-10-8-11-20-30)31-21-12-9-13-22-31)34-36-28(3)27-37(34)33-24-16-18-29-17-14-15-23-32(29)33/h8-24,28H,4-7,25-27H2,1-3H3/t28-/m0/s1. The topological polar surface area (TPSA) is 24.8 Å². The minimum absolute atomic E-state index is 0.213. The van der Waals surface area contributed by atoms with Gasteiger partial charge in [0.25, 0.3) is 0 Å². The van der Waals surface area contributed by atoms with Crippen molar-refractivity contribution in [2.24, 2.45) is 4.99 Å². The molecule has 0 aromatic heterocycles. The third kappa shape index (κ3) is 6.11. The Hall–Kier alpha value is -3.00. The molecule has 0 saturated carbocycles. The molecule has 4 heteroatoms. The Labute approximate surface area is 235 Å². The first-order chi connectivity index (χ1) is 19.1. The molecule has 0 spiro atoms. The van der Waals surface area contributed by atoms with E-state index in [2.05, 4.69) is 129 Å². The maximum Gasteiger partial charge on any atom is 0.137 e. The molecule has 0 radical (unpaired) electrons. The van der Waals surface area contributed by atoms with E-state index in [9.17, 15) is 0 Å². The quantitative estimate of drug-likeness (QED) is 0.169. The summed E-state index contributed by atoms with van der Waals surface area (Å²) in [7, 11) is -1.03. The van der Waals surface area contributed by atoms with Gasteiger partial charge in [-0.15, -0.1) is 0 Å². The van der Waals surface area contributed by atoms with Crippen molar-refractivity contribution in [1.29, 1.82) is 0 Å². The average molecular weight is 537 g/mol. The lowest BCUT2D eigenvalue weighted by atomic mass is 9.88. The van der Waals surface area contributed by atoms with Crippen molar-refractivity contribution in [3.05, 3.63) is 103 Å². The number of fused-ring (bicyclic) bond motifs is 1. The van der Waals surface area contributed by atoms with E-state index in [1.54, 1.807) is 0 Å². The van der Waals surface area contributed by atoms with E-state index in [1.165, 1.54) is 27.1 Å². The molecule has 4 aromatic carbocycles. The Morgan fingerprint density at radius 1 is 0.769 bits per heavy atom. The molecule has 5 rings (SSSR count). The summed E-state index contributed by atoms with van der Waals surface area (Å²) in [5.41, 5.74) is 0.770. The molecule has 4 aromatic rings. The van der Waals surface area contributed by atoms with E-state index >= 15 is 0 Å². The third-order valence-electron chi connectivity index (χ3n) is 7.63. The van der Waals surface area contributed by atoms with E-state index < -0.39 is 13.7 Å². The number of unbranched alkanes of at least 4 members (excludes halogenated alkanes) is 2. The molecule has 0 amide bonds. The minimum atomic E-state index is -1.03. The van der Waals surface area contributed by atoms with Crippen LogP contribution in [0, 0.1) is 0 Å². The maximum atomic E-state index is 7.60. The first-order valence-electron chi connectivity index (χ1n) is 14.6. The van der Waals surface area contributed by atoms with Crippen molar-refractivity contribution in [1.82, 2.24) is 0 Å². The first kappa shape index (κ1) is 27.6. The molecule has 1 atom stereocenters. The lowest BCUT2D eigenvalue weighted by Gasteiger charge is -2.41. The highest BCUT2D eigenvalue weighted by atomic mass is 31.1. The van der Waals surface area contributed by atoms with Crippen LogP contribution in [0.4, 0.5) is 5.69 Å². The normalized spacial score (nSPS) is 15.7. The van der Waals surface area contributed by atoms with Gasteiger partial charge in [-0.05, 0) is 31.2 Å². The maximum absolute atomic E-state index is 7.60. The molecule has 0 fully saturated rings. The largest absolute Gasteiger partial charge is 0.335 e. The number of rotatable bonds is 12. The molecule has 0 N–H and O–H groups in total. The number of amidine groups is 1. The SMILES string of the molecule is CCCCC(CCCC)(OP(c1ccccc1)c1ccccc1)C1=N[C@@H](C)CN1c1cccc2ccccc12. The molecular formula is C35H41N2OP. The Morgan fingerprint density at radius 2 is 1.33 bits per heavy atom. The van der Waals surface area contributed by atoms with Crippen LogP contribution in [0.25, 0.3) is 10.8 Å². The highest BCUT2D eigenvalue weighted by Gasteiger charge is 2.45. The zero-order chi connectivity index (χ0) is 27.1. The summed E-state index contributed by atoms with van der Waals surface area (Å²) in [6.07, 6.45) is 6.40. The fraction of sp³-hybridized carbons (Fsp3) is 0.343. The number of hydrogen-bond acceptors (Lipinski definition) is 3. The van der Waals surface area contributed by atoms with Crippen LogP contribution < -0.4 is 15.5 Å². The second-order valence-corrected chi connectivity index (χ2v) is 12.5. The minimum Gasteiger partial charge on any atom is -0.335 e. The van der Waals surface area contributed by atoms with Gasteiger partial charge >= 0.3 is 0 Å². The van der Waals surface area contributed by atoms with Crippen molar-refractivity contribution in [3.63, 3.8) is 0 Å². The summed E-state index contributed by atoms with van der Waals surface area (Å²) in [4.78, 5) is 7.89. The lowest BCUT2D eigenvalue weighted by molar-refractivity contribution is 0.134. The van der Waals surface area contributed by atoms with Crippen LogP contribution in [0.5, 0.6) is 0 Å². The van der Waals surface area contributed by atoms with E-state index in [-0.39, 0.29) is 6.04 Å². The van der Waals surface area contributed by atoms with Crippen LogP contribution in [-0.4, -0.2) is 24.0 Å². The molecule has 1 aliphatic heterocycles. The summed E-state index contributed by atoms with van der Waals surface area (Å²) >= 11 is 0. The van der Waals surface area contributed by atoms with Gasteiger partial charge in [-0.25, -0.2) is 0 Å². The van der Waals surface area contributed by atoms with Gasteiger partial charge in [-0.3, -0.25) is 4.99 Å². The van der Waals surface area contributed by atoms with Crippen molar-refractivity contribution >= 4 is 41.1 Å². The van der Waals surface area contributed by atoms with Crippen molar-refractivity contribution in [2.45, 2.75) is 70.9 Å². The van der Waals surface area contributed by atoms with Crippen LogP contribution in [0.1, 0.15) is 59.3 Å². The molecule has 0 aliphatic carbocycles.